The molecule has 60 heavy (non-hydrogen) atoms. The van der Waals surface area contributed by atoms with Gasteiger partial charge in [-0.2, -0.15) is 0 Å². The van der Waals surface area contributed by atoms with Crippen LogP contribution in [0.5, 0.6) is 0 Å². The number of fused-ring (bicyclic) bond motifs is 7. The molecule has 0 amide bonds. The molecule has 280 valence electrons. The van der Waals surface area contributed by atoms with Crippen molar-refractivity contribution >= 4 is 44.6 Å². The molecule has 1 heteroatoms. The maximum absolute atomic E-state index is 3.82. The van der Waals surface area contributed by atoms with E-state index >= 15 is 0 Å². The van der Waals surface area contributed by atoms with Gasteiger partial charge in [0.25, 0.3) is 0 Å². The number of hydrogen-bond acceptors (Lipinski definition) is 1. The summed E-state index contributed by atoms with van der Waals surface area (Å²) in [6, 6.07) is 82.6. The Labute approximate surface area is 350 Å². The molecule has 1 aliphatic heterocycles. The van der Waals surface area contributed by atoms with Crippen LogP contribution < -0.4 is 5.32 Å². The zero-order valence-corrected chi connectivity index (χ0v) is 32.9. The minimum atomic E-state index is -0.463. The third-order valence-corrected chi connectivity index (χ3v) is 12.9. The van der Waals surface area contributed by atoms with E-state index in [2.05, 4.69) is 236 Å². The Balaban J connectivity index is 1.00. The highest BCUT2D eigenvalue weighted by atomic mass is 14.9. The van der Waals surface area contributed by atoms with Gasteiger partial charge in [-0.1, -0.05) is 206 Å². The molecule has 0 saturated carbocycles. The van der Waals surface area contributed by atoms with E-state index in [0.717, 1.165) is 16.9 Å². The average molecular weight is 762 g/mol. The first-order valence-electron chi connectivity index (χ1n) is 20.8. The molecule has 0 radical (unpaired) electrons. The Bertz CT molecular complexity index is 3260. The minimum absolute atomic E-state index is 0.463. The lowest BCUT2D eigenvalue weighted by molar-refractivity contribution is 0.768. The average Bonchev–Trinajstić information content (AvgIpc) is 3.62. The predicted molar refractivity (Wildman–Crippen MR) is 253 cm³/mol. The van der Waals surface area contributed by atoms with Crippen LogP contribution in [0, 0.1) is 0 Å². The molecule has 1 heterocycles. The van der Waals surface area contributed by atoms with Crippen LogP contribution in [0.1, 0.15) is 38.9 Å². The number of benzene rings is 10. The molecular weight excluding hydrogens is 723 g/mol. The summed E-state index contributed by atoms with van der Waals surface area (Å²) in [6.45, 7) is 0. The predicted octanol–water partition coefficient (Wildman–Crippen LogP) is 15.3. The van der Waals surface area contributed by atoms with Gasteiger partial charge >= 0.3 is 0 Å². The van der Waals surface area contributed by atoms with Crippen molar-refractivity contribution in [3.05, 3.63) is 263 Å². The van der Waals surface area contributed by atoms with Crippen LogP contribution in [0.3, 0.4) is 0 Å². The lowest BCUT2D eigenvalue weighted by Gasteiger charge is -2.34. The molecule has 10 aromatic carbocycles. The van der Waals surface area contributed by atoms with Crippen molar-refractivity contribution < 1.29 is 0 Å². The summed E-state index contributed by atoms with van der Waals surface area (Å²) < 4.78 is 0. The topological polar surface area (TPSA) is 12.0 Å². The molecule has 0 fully saturated rings. The lowest BCUT2D eigenvalue weighted by Crippen LogP contribution is -2.28. The maximum Gasteiger partial charge on any atom is 0.0713 e. The van der Waals surface area contributed by atoms with Gasteiger partial charge in [0.2, 0.25) is 0 Å². The van der Waals surface area contributed by atoms with E-state index in [1.54, 1.807) is 0 Å². The summed E-state index contributed by atoms with van der Waals surface area (Å²) in [5.41, 5.74) is 19.3. The zero-order chi connectivity index (χ0) is 39.6. The van der Waals surface area contributed by atoms with Crippen LogP contribution in [0.15, 0.2) is 224 Å². The van der Waals surface area contributed by atoms with Crippen molar-refractivity contribution in [3.8, 4) is 33.4 Å². The normalized spacial score (nSPS) is 13.4. The summed E-state index contributed by atoms with van der Waals surface area (Å²) in [7, 11) is 0. The first-order valence-corrected chi connectivity index (χ1v) is 20.8. The highest BCUT2D eigenvalue weighted by Gasteiger charge is 2.46. The molecule has 0 saturated heterocycles. The van der Waals surface area contributed by atoms with Crippen molar-refractivity contribution in [2.45, 2.75) is 5.41 Å². The summed E-state index contributed by atoms with van der Waals surface area (Å²) in [6.07, 6.45) is 2.36. The van der Waals surface area contributed by atoms with Crippen LogP contribution in [0.2, 0.25) is 0 Å². The summed E-state index contributed by atoms with van der Waals surface area (Å²) >= 11 is 0. The summed E-state index contributed by atoms with van der Waals surface area (Å²) in [5.74, 6) is 0. The highest BCUT2D eigenvalue weighted by Crippen LogP contribution is 2.57. The van der Waals surface area contributed by atoms with Gasteiger partial charge in [-0.15, -0.1) is 0 Å². The second-order valence-corrected chi connectivity index (χ2v) is 16.1. The van der Waals surface area contributed by atoms with Gasteiger partial charge in [0, 0.05) is 22.3 Å². The van der Waals surface area contributed by atoms with Crippen molar-refractivity contribution in [2.75, 3.05) is 5.32 Å². The molecule has 0 spiro atoms. The quantitative estimate of drug-likeness (QED) is 0.166. The minimum Gasteiger partial charge on any atom is -0.354 e. The molecule has 1 nitrogen and oxygen atoms in total. The van der Waals surface area contributed by atoms with Crippen LogP contribution in [0.4, 0.5) is 11.4 Å². The van der Waals surface area contributed by atoms with Crippen molar-refractivity contribution in [2.24, 2.45) is 0 Å². The molecule has 0 aromatic heterocycles. The van der Waals surface area contributed by atoms with Crippen LogP contribution in [0.25, 0.3) is 66.6 Å². The lowest BCUT2D eigenvalue weighted by atomic mass is 9.67. The smallest absolute Gasteiger partial charge is 0.0713 e. The second-order valence-electron chi connectivity index (χ2n) is 16.1. The molecule has 0 unspecified atom stereocenters. The molecule has 0 atom stereocenters. The van der Waals surface area contributed by atoms with E-state index in [9.17, 15) is 0 Å². The number of anilines is 2. The van der Waals surface area contributed by atoms with Gasteiger partial charge in [-0.05, 0) is 113 Å². The Morgan fingerprint density at radius 3 is 1.77 bits per heavy atom. The van der Waals surface area contributed by atoms with Crippen LogP contribution in [-0.4, -0.2) is 0 Å². The van der Waals surface area contributed by atoms with Crippen molar-refractivity contribution in [3.63, 3.8) is 0 Å². The van der Waals surface area contributed by atoms with Gasteiger partial charge in [-0.25, -0.2) is 0 Å². The standard InChI is InChI=1S/C59H39N/c1-4-16-40(17-5-1)51(43-34-35-48-47-25-12-13-28-53(47)59(54(48)37-43,44-20-6-2-7-21-44)45-22-8-3-9-23-45)36-39-30-32-41(33-31-39)52-38-56-58(49-26-11-10-24-46(49)52)50-27-14-18-42-19-15-29-55(60-56)57(42)50/h1-38,60H. The zero-order valence-electron chi connectivity index (χ0n) is 32.9. The molecule has 2 aliphatic rings. The molecule has 1 N–H and O–H groups in total. The third kappa shape index (κ3) is 5.19. The van der Waals surface area contributed by atoms with Gasteiger partial charge in [0.15, 0.2) is 0 Å². The van der Waals surface area contributed by atoms with E-state index in [4.69, 9.17) is 0 Å². The first-order chi connectivity index (χ1) is 29.8. The van der Waals surface area contributed by atoms with E-state index in [1.165, 1.54) is 93.9 Å². The number of nitrogens with one attached hydrogen (secondary N) is 1. The third-order valence-electron chi connectivity index (χ3n) is 12.9. The second kappa shape index (κ2) is 13.7. The van der Waals surface area contributed by atoms with Gasteiger partial charge in [0.05, 0.1) is 5.41 Å². The number of rotatable bonds is 6. The Hall–Kier alpha value is -7.74. The molecule has 10 aromatic rings. The fraction of sp³-hybridized carbons (Fsp3) is 0.0169. The molecule has 1 aliphatic carbocycles. The Morgan fingerprint density at radius 1 is 0.400 bits per heavy atom. The summed E-state index contributed by atoms with van der Waals surface area (Å²) in [4.78, 5) is 0. The summed E-state index contributed by atoms with van der Waals surface area (Å²) in [5, 5.41) is 8.88. The van der Waals surface area contributed by atoms with E-state index < -0.39 is 5.41 Å². The first kappa shape index (κ1) is 34.3. The van der Waals surface area contributed by atoms with Crippen LogP contribution >= 0.6 is 0 Å². The van der Waals surface area contributed by atoms with E-state index in [0.29, 0.717) is 0 Å². The Kier molecular flexibility index (Phi) is 7.83. The monoisotopic (exact) mass is 761 g/mol. The van der Waals surface area contributed by atoms with Crippen molar-refractivity contribution in [1.29, 1.82) is 0 Å². The molecular formula is C59H39N. The van der Waals surface area contributed by atoms with Gasteiger partial charge in [0.1, 0.15) is 0 Å². The number of hydrogen-bond donors (Lipinski definition) is 1. The van der Waals surface area contributed by atoms with E-state index in [1.807, 2.05) is 0 Å². The SMILES string of the molecule is C(=C(c1ccccc1)c1ccc2c(c1)C(c1ccccc1)(c1ccccc1)c1ccccc1-2)c1ccc(-c2cc3c(c4ccccc24)-c2cccc4cccc(c24)N3)cc1. The van der Waals surface area contributed by atoms with Gasteiger partial charge in [-0.3, -0.25) is 0 Å². The maximum atomic E-state index is 3.82. The Morgan fingerprint density at radius 2 is 1.02 bits per heavy atom. The van der Waals surface area contributed by atoms with Crippen molar-refractivity contribution in [1.82, 2.24) is 0 Å². The molecule has 0 bridgehead atoms. The van der Waals surface area contributed by atoms with Gasteiger partial charge < -0.3 is 5.32 Å². The molecule has 12 rings (SSSR count). The van der Waals surface area contributed by atoms with Crippen LogP contribution in [-0.2, 0) is 5.41 Å². The highest BCUT2D eigenvalue weighted by molar-refractivity contribution is 6.19. The fourth-order valence-electron chi connectivity index (χ4n) is 10.3. The fourth-order valence-corrected chi connectivity index (χ4v) is 10.3. The van der Waals surface area contributed by atoms with E-state index in [-0.39, 0.29) is 0 Å². The largest absolute Gasteiger partial charge is 0.354 e.